The molecule has 1 fully saturated rings. The van der Waals surface area contributed by atoms with Gasteiger partial charge in [-0.15, -0.1) is 0 Å². The summed E-state index contributed by atoms with van der Waals surface area (Å²) in [5, 5.41) is 3.34. The maximum atomic E-state index is 11.8. The molecule has 1 N–H and O–H groups in total. The number of hydrogen-bond acceptors (Lipinski definition) is 5. The molecule has 2 heterocycles. The zero-order chi connectivity index (χ0) is 16.2. The molecular formula is C15H23ClN4O2. The molecule has 0 aromatic carbocycles. The van der Waals surface area contributed by atoms with Gasteiger partial charge in [0.05, 0.1) is 18.1 Å². The average Bonchev–Trinajstić information content (AvgIpc) is 2.41. The van der Waals surface area contributed by atoms with Crippen molar-refractivity contribution in [3.63, 3.8) is 0 Å². The molecule has 22 heavy (non-hydrogen) atoms. The van der Waals surface area contributed by atoms with Gasteiger partial charge in [0.15, 0.2) is 0 Å². The molecule has 1 saturated heterocycles. The number of nitrogens with one attached hydrogen (secondary N) is 1. The number of alkyl carbamates (subject to hydrolysis) is 1. The van der Waals surface area contributed by atoms with Crippen LogP contribution >= 0.6 is 11.6 Å². The molecule has 0 atom stereocenters. The summed E-state index contributed by atoms with van der Waals surface area (Å²) in [5.41, 5.74) is 0.445. The summed E-state index contributed by atoms with van der Waals surface area (Å²) in [5.74, 6) is 0. The lowest BCUT2D eigenvalue weighted by Gasteiger charge is -2.32. The molecule has 1 aliphatic heterocycles. The Labute approximate surface area is 136 Å². The first-order valence-electron chi connectivity index (χ1n) is 7.50. The van der Waals surface area contributed by atoms with Crippen molar-refractivity contribution in [2.75, 3.05) is 13.1 Å². The average molecular weight is 327 g/mol. The summed E-state index contributed by atoms with van der Waals surface area (Å²) in [4.78, 5) is 22.3. The molecule has 2 rings (SSSR count). The van der Waals surface area contributed by atoms with E-state index < -0.39 is 5.60 Å². The van der Waals surface area contributed by atoms with Crippen LogP contribution in [0.5, 0.6) is 0 Å². The number of rotatable bonds is 3. The summed E-state index contributed by atoms with van der Waals surface area (Å²) < 4.78 is 5.28. The highest BCUT2D eigenvalue weighted by Gasteiger charge is 2.23. The minimum atomic E-state index is -0.460. The molecule has 1 aromatic heterocycles. The number of likely N-dealkylation sites (tertiary alicyclic amines) is 1. The topological polar surface area (TPSA) is 67.3 Å². The maximum Gasteiger partial charge on any atom is 0.407 e. The number of carbonyl (C=O) groups is 1. The molecule has 0 unspecified atom stereocenters. The smallest absolute Gasteiger partial charge is 0.407 e. The van der Waals surface area contributed by atoms with Gasteiger partial charge in [0.1, 0.15) is 10.8 Å². The first-order chi connectivity index (χ1) is 10.3. The van der Waals surface area contributed by atoms with Crippen LogP contribution in [0.25, 0.3) is 0 Å². The molecule has 1 aliphatic rings. The van der Waals surface area contributed by atoms with Crippen LogP contribution in [-0.4, -0.2) is 45.7 Å². The van der Waals surface area contributed by atoms with Crippen LogP contribution in [0.1, 0.15) is 39.3 Å². The lowest BCUT2D eigenvalue weighted by Crippen LogP contribution is -2.45. The van der Waals surface area contributed by atoms with E-state index in [1.165, 1.54) is 0 Å². The first kappa shape index (κ1) is 17.0. The van der Waals surface area contributed by atoms with Crippen molar-refractivity contribution in [1.82, 2.24) is 20.2 Å². The maximum absolute atomic E-state index is 11.8. The fourth-order valence-corrected chi connectivity index (χ4v) is 2.46. The number of halogens is 1. The highest BCUT2D eigenvalue weighted by molar-refractivity contribution is 6.29. The van der Waals surface area contributed by atoms with Crippen molar-refractivity contribution in [2.24, 2.45) is 0 Å². The normalized spacial score (nSPS) is 17.3. The standard InChI is InChI=1S/C15H23ClN4O2/c1-15(2,3)22-14(21)19-11-4-6-20(7-5-11)10-12-8-18-13(16)9-17-12/h8-9,11H,4-7,10H2,1-3H3,(H,19,21). The van der Waals surface area contributed by atoms with Gasteiger partial charge in [-0.1, -0.05) is 11.6 Å². The second-order valence-electron chi connectivity index (χ2n) is 6.53. The molecule has 1 aromatic rings. The van der Waals surface area contributed by atoms with Crippen molar-refractivity contribution >= 4 is 17.7 Å². The fraction of sp³-hybridized carbons (Fsp3) is 0.667. The number of amides is 1. The van der Waals surface area contributed by atoms with E-state index in [9.17, 15) is 4.79 Å². The molecule has 7 heteroatoms. The Balaban J connectivity index is 1.73. The Morgan fingerprint density at radius 1 is 1.36 bits per heavy atom. The second kappa shape index (κ2) is 7.24. The third kappa shape index (κ3) is 5.77. The van der Waals surface area contributed by atoms with Gasteiger partial charge in [0.2, 0.25) is 0 Å². The number of ether oxygens (including phenoxy) is 1. The van der Waals surface area contributed by atoms with Crippen molar-refractivity contribution < 1.29 is 9.53 Å². The highest BCUT2D eigenvalue weighted by Crippen LogP contribution is 2.14. The molecule has 122 valence electrons. The molecule has 0 aliphatic carbocycles. The molecule has 0 spiro atoms. The Morgan fingerprint density at radius 2 is 2.05 bits per heavy atom. The van der Waals surface area contributed by atoms with Crippen LogP contribution in [0.3, 0.4) is 0 Å². The SMILES string of the molecule is CC(C)(C)OC(=O)NC1CCN(Cc2cnc(Cl)cn2)CC1. The van der Waals surface area contributed by atoms with Crippen LogP contribution in [0.4, 0.5) is 4.79 Å². The number of piperidine rings is 1. The van der Waals surface area contributed by atoms with Crippen molar-refractivity contribution in [3.8, 4) is 0 Å². The second-order valence-corrected chi connectivity index (χ2v) is 6.91. The lowest BCUT2D eigenvalue weighted by molar-refractivity contribution is 0.0477. The molecule has 6 nitrogen and oxygen atoms in total. The molecule has 0 bridgehead atoms. The number of hydrogen-bond donors (Lipinski definition) is 1. The zero-order valence-corrected chi connectivity index (χ0v) is 14.1. The largest absolute Gasteiger partial charge is 0.444 e. The summed E-state index contributed by atoms with van der Waals surface area (Å²) >= 11 is 5.73. The van der Waals surface area contributed by atoms with Gasteiger partial charge in [-0.3, -0.25) is 9.88 Å². The van der Waals surface area contributed by atoms with Gasteiger partial charge in [-0.2, -0.15) is 0 Å². The van der Waals surface area contributed by atoms with Gasteiger partial charge >= 0.3 is 6.09 Å². The molecule has 0 saturated carbocycles. The van der Waals surface area contributed by atoms with E-state index in [0.29, 0.717) is 5.15 Å². The van der Waals surface area contributed by atoms with Crippen molar-refractivity contribution in [1.29, 1.82) is 0 Å². The van der Waals surface area contributed by atoms with Gasteiger partial charge in [-0.05, 0) is 33.6 Å². The van der Waals surface area contributed by atoms with E-state index in [1.54, 1.807) is 12.4 Å². The van der Waals surface area contributed by atoms with Crippen molar-refractivity contribution in [2.45, 2.75) is 51.8 Å². The fourth-order valence-electron chi connectivity index (χ4n) is 2.36. The number of nitrogens with zero attached hydrogens (tertiary/aromatic N) is 3. The van der Waals surface area contributed by atoms with Crippen LogP contribution in [0.15, 0.2) is 12.4 Å². The Morgan fingerprint density at radius 3 is 2.59 bits per heavy atom. The van der Waals surface area contributed by atoms with E-state index >= 15 is 0 Å². The first-order valence-corrected chi connectivity index (χ1v) is 7.88. The van der Waals surface area contributed by atoms with Crippen molar-refractivity contribution in [3.05, 3.63) is 23.2 Å². The van der Waals surface area contributed by atoms with E-state index in [0.717, 1.165) is 38.2 Å². The highest BCUT2D eigenvalue weighted by atomic mass is 35.5. The third-order valence-electron chi connectivity index (χ3n) is 3.37. The monoisotopic (exact) mass is 326 g/mol. The Hall–Kier alpha value is -1.40. The Bertz CT molecular complexity index is 493. The van der Waals surface area contributed by atoms with Gasteiger partial charge < -0.3 is 10.1 Å². The van der Waals surface area contributed by atoms with E-state index in [2.05, 4.69) is 20.2 Å². The quantitative estimate of drug-likeness (QED) is 0.924. The molecule has 0 radical (unpaired) electrons. The lowest BCUT2D eigenvalue weighted by atomic mass is 10.1. The zero-order valence-electron chi connectivity index (χ0n) is 13.3. The van der Waals surface area contributed by atoms with E-state index in [-0.39, 0.29) is 12.1 Å². The van der Waals surface area contributed by atoms with E-state index in [4.69, 9.17) is 16.3 Å². The molecular weight excluding hydrogens is 304 g/mol. The van der Waals surface area contributed by atoms with Crippen LogP contribution in [0.2, 0.25) is 5.15 Å². The van der Waals surface area contributed by atoms with Crippen LogP contribution in [0, 0.1) is 0 Å². The van der Waals surface area contributed by atoms with E-state index in [1.807, 2.05) is 20.8 Å². The number of aromatic nitrogens is 2. The minimum Gasteiger partial charge on any atom is -0.444 e. The molecule has 1 amide bonds. The third-order valence-corrected chi connectivity index (χ3v) is 3.56. The summed E-state index contributed by atoms with van der Waals surface area (Å²) in [7, 11) is 0. The van der Waals surface area contributed by atoms with Gasteiger partial charge in [0, 0.05) is 25.7 Å². The number of carbonyl (C=O) groups excluding carboxylic acids is 1. The van der Waals surface area contributed by atoms with Gasteiger partial charge in [-0.25, -0.2) is 9.78 Å². The Kier molecular flexibility index (Phi) is 5.58. The minimum absolute atomic E-state index is 0.169. The summed E-state index contributed by atoms with van der Waals surface area (Å²) in [6, 6.07) is 0.169. The summed E-state index contributed by atoms with van der Waals surface area (Å²) in [6.07, 6.45) is 4.73. The van der Waals surface area contributed by atoms with Crippen LogP contribution < -0.4 is 5.32 Å². The predicted octanol–water partition coefficient (Wildman–Crippen LogP) is 2.62. The van der Waals surface area contributed by atoms with Gasteiger partial charge in [0.25, 0.3) is 0 Å². The predicted molar refractivity (Wildman–Crippen MR) is 84.7 cm³/mol. The van der Waals surface area contributed by atoms with Crippen LogP contribution in [-0.2, 0) is 11.3 Å². The summed E-state index contributed by atoms with van der Waals surface area (Å²) in [6.45, 7) is 8.16.